The molecule has 0 amide bonds. The van der Waals surface area contributed by atoms with E-state index in [2.05, 4.69) is 41.5 Å². The van der Waals surface area contributed by atoms with Crippen LogP contribution in [0.4, 0.5) is 0 Å². The molecule has 0 aromatic carbocycles. The molecule has 0 unspecified atom stereocenters. The van der Waals surface area contributed by atoms with Crippen molar-refractivity contribution in [3.8, 4) is 0 Å². The van der Waals surface area contributed by atoms with Crippen molar-refractivity contribution >= 4 is 11.9 Å². The molecule has 0 heterocycles. The molecule has 0 bridgehead atoms. The van der Waals surface area contributed by atoms with Gasteiger partial charge in [-0.1, -0.05) is 60.5 Å². The van der Waals surface area contributed by atoms with Gasteiger partial charge in [-0.3, -0.25) is 4.79 Å². The molecule has 3 rings (SSSR count). The van der Waals surface area contributed by atoms with Crippen LogP contribution in [0.25, 0.3) is 0 Å². The molecule has 0 saturated heterocycles. The van der Waals surface area contributed by atoms with Crippen LogP contribution in [0.3, 0.4) is 0 Å². The lowest BCUT2D eigenvalue weighted by Gasteiger charge is -2.38. The molecule has 2 saturated carbocycles. The van der Waals surface area contributed by atoms with Gasteiger partial charge in [0.2, 0.25) is 0 Å². The van der Waals surface area contributed by atoms with Crippen LogP contribution in [-0.4, -0.2) is 24.1 Å². The first kappa shape index (κ1) is 25.3. The molecule has 3 aliphatic carbocycles. The Balaban J connectivity index is 1.54. The van der Waals surface area contributed by atoms with Gasteiger partial charge in [-0.05, 0) is 80.5 Å². The first-order valence-electron chi connectivity index (χ1n) is 13.3. The molecule has 2 fully saturated rings. The van der Waals surface area contributed by atoms with Gasteiger partial charge in [0.25, 0.3) is 0 Å². The van der Waals surface area contributed by atoms with Gasteiger partial charge in [-0.25, -0.2) is 4.79 Å². The fraction of sp³-hybridized carbons (Fsp3) is 0.857. The highest BCUT2D eigenvalue weighted by Crippen LogP contribution is 2.38. The lowest BCUT2D eigenvalue weighted by molar-refractivity contribution is -0.162. The summed E-state index contributed by atoms with van der Waals surface area (Å²) in [5.41, 5.74) is 0.751. The van der Waals surface area contributed by atoms with Crippen LogP contribution in [-0.2, 0) is 19.1 Å². The number of hydrogen-bond donors (Lipinski definition) is 0. The van der Waals surface area contributed by atoms with E-state index in [-0.39, 0.29) is 30.1 Å². The second-order valence-corrected chi connectivity index (χ2v) is 11.8. The van der Waals surface area contributed by atoms with E-state index in [0.717, 1.165) is 31.3 Å². The average Bonchev–Trinajstić information content (AvgIpc) is 2.73. The molecule has 4 nitrogen and oxygen atoms in total. The van der Waals surface area contributed by atoms with E-state index in [1.54, 1.807) is 0 Å². The minimum absolute atomic E-state index is 0.0242. The maximum Gasteiger partial charge on any atom is 0.333 e. The zero-order valence-electron chi connectivity index (χ0n) is 21.3. The van der Waals surface area contributed by atoms with Crippen molar-refractivity contribution in [3.63, 3.8) is 0 Å². The molecule has 0 N–H and O–H groups in total. The van der Waals surface area contributed by atoms with Crippen molar-refractivity contribution in [1.82, 2.24) is 0 Å². The predicted molar refractivity (Wildman–Crippen MR) is 128 cm³/mol. The standard InChI is InChI=1S/C28H46O4/c1-17(2)23-13-7-19(5)15-25(23)31-27(29)21-9-11-22(12-10-21)28(30)32-26-16-20(6)8-14-24(26)18(3)4/h9,17-20,22-26H,7-8,10-16H2,1-6H3/t19-,20+,22+,23-,24+,25-,26-/m1/s1. The number of ether oxygens (including phenoxy) is 2. The van der Waals surface area contributed by atoms with Crippen LogP contribution in [0.1, 0.15) is 99.3 Å². The summed E-state index contributed by atoms with van der Waals surface area (Å²) in [4.78, 5) is 25.8. The quantitative estimate of drug-likeness (QED) is 0.425. The maximum absolute atomic E-state index is 12.9. The second-order valence-electron chi connectivity index (χ2n) is 11.8. The molecule has 32 heavy (non-hydrogen) atoms. The van der Waals surface area contributed by atoms with Crippen LogP contribution in [0.15, 0.2) is 11.6 Å². The maximum atomic E-state index is 12.9. The first-order chi connectivity index (χ1) is 15.2. The highest BCUT2D eigenvalue weighted by molar-refractivity contribution is 5.89. The van der Waals surface area contributed by atoms with Crippen LogP contribution in [0.5, 0.6) is 0 Å². The molecule has 0 aromatic heterocycles. The molecule has 4 heteroatoms. The van der Waals surface area contributed by atoms with Gasteiger partial charge in [-0.2, -0.15) is 0 Å². The van der Waals surface area contributed by atoms with Crippen molar-refractivity contribution < 1.29 is 19.1 Å². The summed E-state index contributed by atoms with van der Waals surface area (Å²) in [6, 6.07) is 0. The minimum Gasteiger partial charge on any atom is -0.462 e. The number of esters is 2. The zero-order chi connectivity index (χ0) is 23.4. The molecular weight excluding hydrogens is 400 g/mol. The molecule has 0 spiro atoms. The smallest absolute Gasteiger partial charge is 0.333 e. The van der Waals surface area contributed by atoms with E-state index in [1.165, 1.54) is 12.8 Å². The van der Waals surface area contributed by atoms with E-state index in [0.29, 0.717) is 54.8 Å². The first-order valence-corrected chi connectivity index (χ1v) is 13.3. The van der Waals surface area contributed by atoms with E-state index < -0.39 is 0 Å². The molecular formula is C28H46O4. The summed E-state index contributed by atoms with van der Waals surface area (Å²) in [5.74, 6) is 2.84. The number of carbonyl (C=O) groups excluding carboxylic acids is 2. The zero-order valence-corrected chi connectivity index (χ0v) is 21.3. The highest BCUT2D eigenvalue weighted by atomic mass is 16.5. The van der Waals surface area contributed by atoms with Crippen molar-refractivity contribution in [2.75, 3.05) is 0 Å². The normalized spacial score (nSPS) is 36.0. The molecule has 182 valence electrons. The van der Waals surface area contributed by atoms with Gasteiger partial charge in [0.15, 0.2) is 0 Å². The van der Waals surface area contributed by atoms with Gasteiger partial charge in [0.05, 0.1) is 5.92 Å². The van der Waals surface area contributed by atoms with Gasteiger partial charge in [-0.15, -0.1) is 0 Å². The Bertz CT molecular complexity index is 679. The molecule has 3 aliphatic rings. The average molecular weight is 447 g/mol. The Morgan fingerprint density at radius 3 is 1.81 bits per heavy atom. The van der Waals surface area contributed by atoms with E-state index in [1.807, 2.05) is 6.08 Å². The van der Waals surface area contributed by atoms with Gasteiger partial charge < -0.3 is 9.47 Å². The SMILES string of the molecule is CC(C)[C@H]1CC[C@@H](C)C[C@H]1OC(=O)C1=CC[C@H](C(=O)O[C@@H]2C[C@@H](C)CC[C@H]2C(C)C)CC1. The lowest BCUT2D eigenvalue weighted by Crippen LogP contribution is -2.38. The monoisotopic (exact) mass is 446 g/mol. The third-order valence-corrected chi connectivity index (χ3v) is 8.46. The van der Waals surface area contributed by atoms with Crippen molar-refractivity contribution in [3.05, 3.63) is 11.6 Å². The Hall–Kier alpha value is -1.32. The van der Waals surface area contributed by atoms with Crippen LogP contribution < -0.4 is 0 Å². The third-order valence-electron chi connectivity index (χ3n) is 8.46. The number of hydrogen-bond acceptors (Lipinski definition) is 4. The van der Waals surface area contributed by atoms with Crippen LogP contribution in [0, 0.1) is 41.4 Å². The summed E-state index contributed by atoms with van der Waals surface area (Å²) in [6.45, 7) is 13.4. The third kappa shape index (κ3) is 6.38. The number of rotatable bonds is 6. The van der Waals surface area contributed by atoms with E-state index in [4.69, 9.17) is 9.47 Å². The van der Waals surface area contributed by atoms with Crippen molar-refractivity contribution in [2.45, 2.75) is 112 Å². The Labute approximate surface area is 195 Å². The lowest BCUT2D eigenvalue weighted by atomic mass is 9.75. The van der Waals surface area contributed by atoms with Gasteiger partial charge in [0, 0.05) is 5.57 Å². The second kappa shape index (κ2) is 11.2. The van der Waals surface area contributed by atoms with E-state index >= 15 is 0 Å². The summed E-state index contributed by atoms with van der Waals surface area (Å²) in [6.07, 6.45) is 10.6. The molecule has 0 aromatic rings. The van der Waals surface area contributed by atoms with Crippen LogP contribution in [0.2, 0.25) is 0 Å². The minimum atomic E-state index is -0.164. The molecule has 0 radical (unpaired) electrons. The van der Waals surface area contributed by atoms with Crippen molar-refractivity contribution in [1.29, 1.82) is 0 Å². The van der Waals surface area contributed by atoms with Gasteiger partial charge >= 0.3 is 11.9 Å². The highest BCUT2D eigenvalue weighted by Gasteiger charge is 2.37. The fourth-order valence-electron chi connectivity index (χ4n) is 6.19. The summed E-state index contributed by atoms with van der Waals surface area (Å²) in [5, 5.41) is 0. The fourth-order valence-corrected chi connectivity index (χ4v) is 6.19. The van der Waals surface area contributed by atoms with Gasteiger partial charge in [0.1, 0.15) is 12.2 Å². The number of carbonyl (C=O) groups is 2. The predicted octanol–water partition coefficient (Wildman–Crippen LogP) is 6.72. The van der Waals surface area contributed by atoms with Crippen LogP contribution >= 0.6 is 0 Å². The Morgan fingerprint density at radius 1 is 0.812 bits per heavy atom. The largest absolute Gasteiger partial charge is 0.462 e. The summed E-state index contributed by atoms with van der Waals surface area (Å²) in [7, 11) is 0. The Morgan fingerprint density at radius 2 is 1.34 bits per heavy atom. The summed E-state index contributed by atoms with van der Waals surface area (Å²) >= 11 is 0. The van der Waals surface area contributed by atoms with E-state index in [9.17, 15) is 9.59 Å². The molecule has 0 aliphatic heterocycles. The summed E-state index contributed by atoms with van der Waals surface area (Å²) < 4.78 is 12.1. The Kier molecular flexibility index (Phi) is 8.86. The number of allylic oxidation sites excluding steroid dienone is 1. The molecule has 7 atom stereocenters. The topological polar surface area (TPSA) is 52.6 Å². The van der Waals surface area contributed by atoms with Crippen molar-refractivity contribution in [2.24, 2.45) is 41.4 Å².